The first kappa shape index (κ1) is 26.1. The Labute approximate surface area is 210 Å². The lowest BCUT2D eigenvalue weighted by atomic mass is 9.97. The largest absolute Gasteiger partial charge is 0.478 e. The first-order valence-corrected chi connectivity index (χ1v) is 12.5. The monoisotopic (exact) mass is 530 g/mol. The van der Waals surface area contributed by atoms with E-state index in [1.165, 1.54) is 36.4 Å². The van der Waals surface area contributed by atoms with Gasteiger partial charge in [-0.2, -0.15) is 13.2 Å². The van der Waals surface area contributed by atoms with Gasteiger partial charge in [-0.1, -0.05) is 42.5 Å². The Morgan fingerprint density at radius 1 is 1.00 bits per heavy atom. The maximum absolute atomic E-state index is 14.0. The highest BCUT2D eigenvalue weighted by Gasteiger charge is 2.39. The van der Waals surface area contributed by atoms with Gasteiger partial charge in [0.05, 0.1) is 10.5 Å². The fraction of sp³-hybridized carbons (Fsp3) is 0.154. The van der Waals surface area contributed by atoms with Gasteiger partial charge in [-0.05, 0) is 64.9 Å². The van der Waals surface area contributed by atoms with E-state index >= 15 is 0 Å². The second kappa shape index (κ2) is 9.83. The quantitative estimate of drug-likeness (QED) is 0.398. The van der Waals surface area contributed by atoms with Crippen LogP contribution in [0.4, 0.5) is 13.2 Å². The fourth-order valence-electron chi connectivity index (χ4n) is 4.38. The molecule has 37 heavy (non-hydrogen) atoms. The molecular formula is C26H21F3N2O5S. The standard InChI is InChI=1S/C26H21F3N2O5S/c27-26(28,29)22-14-17(20-3-1-2-4-21(20)25(30)34)8-9-23(22)37(35,36)31-19-12-16-7-5-15(6-10-24(32)33)11-18(16)13-19/h1-11,14,19,31H,12-13H2,(H2,30,34)(H,32,33). The van der Waals surface area contributed by atoms with E-state index in [0.29, 0.717) is 11.6 Å². The van der Waals surface area contributed by atoms with Crippen LogP contribution in [0.25, 0.3) is 17.2 Å². The predicted molar refractivity (Wildman–Crippen MR) is 130 cm³/mol. The number of benzene rings is 3. The van der Waals surface area contributed by atoms with Gasteiger partial charge in [0.15, 0.2) is 0 Å². The molecule has 1 atom stereocenters. The predicted octanol–water partition coefficient (Wildman–Crippen LogP) is 4.01. The van der Waals surface area contributed by atoms with Gasteiger partial charge >= 0.3 is 12.1 Å². The third-order valence-corrected chi connectivity index (χ3v) is 7.56. The van der Waals surface area contributed by atoms with Crippen molar-refractivity contribution in [3.8, 4) is 11.1 Å². The number of rotatable bonds is 7. The van der Waals surface area contributed by atoms with Crippen LogP contribution in [0, 0.1) is 0 Å². The van der Waals surface area contributed by atoms with Crippen LogP contribution >= 0.6 is 0 Å². The first-order chi connectivity index (χ1) is 17.3. The van der Waals surface area contributed by atoms with Gasteiger partial charge in [-0.15, -0.1) is 0 Å². The summed E-state index contributed by atoms with van der Waals surface area (Å²) in [6.07, 6.45) is -2.13. The van der Waals surface area contributed by atoms with Gasteiger partial charge in [-0.25, -0.2) is 17.9 Å². The Balaban J connectivity index is 1.64. The molecule has 3 aromatic rings. The van der Waals surface area contributed by atoms with Crippen molar-refractivity contribution in [3.05, 3.63) is 94.6 Å². The number of amides is 1. The molecule has 0 heterocycles. The Morgan fingerprint density at radius 3 is 2.38 bits per heavy atom. The molecule has 7 nitrogen and oxygen atoms in total. The summed E-state index contributed by atoms with van der Waals surface area (Å²) in [5.74, 6) is -1.94. The van der Waals surface area contributed by atoms with Crippen molar-refractivity contribution < 1.29 is 36.3 Å². The van der Waals surface area contributed by atoms with Crippen LogP contribution in [0.3, 0.4) is 0 Å². The van der Waals surface area contributed by atoms with Gasteiger partial charge in [0.1, 0.15) is 0 Å². The number of hydrogen-bond acceptors (Lipinski definition) is 4. The molecule has 4 rings (SSSR count). The molecule has 1 aliphatic rings. The van der Waals surface area contributed by atoms with Crippen LogP contribution < -0.4 is 10.5 Å². The minimum absolute atomic E-state index is 0.00380. The highest BCUT2D eigenvalue weighted by molar-refractivity contribution is 7.89. The van der Waals surface area contributed by atoms with E-state index in [2.05, 4.69) is 4.72 Å². The number of nitrogens with one attached hydrogen (secondary N) is 1. The SMILES string of the molecule is NC(=O)c1ccccc1-c1ccc(S(=O)(=O)NC2Cc3ccc(C=CC(=O)O)cc3C2)c(C(F)(F)F)c1. The Morgan fingerprint density at radius 2 is 1.70 bits per heavy atom. The van der Waals surface area contributed by atoms with E-state index in [-0.39, 0.29) is 29.5 Å². The average molecular weight is 531 g/mol. The molecule has 0 bridgehead atoms. The number of fused-ring (bicyclic) bond motifs is 1. The van der Waals surface area contributed by atoms with Crippen molar-refractivity contribution in [3.63, 3.8) is 0 Å². The molecule has 1 aliphatic carbocycles. The van der Waals surface area contributed by atoms with E-state index in [0.717, 1.165) is 23.3 Å². The van der Waals surface area contributed by atoms with E-state index < -0.39 is 44.6 Å². The molecular weight excluding hydrogens is 509 g/mol. The molecule has 4 N–H and O–H groups in total. The van der Waals surface area contributed by atoms with Gasteiger partial charge in [-0.3, -0.25) is 4.79 Å². The molecule has 11 heteroatoms. The molecule has 0 saturated heterocycles. The summed E-state index contributed by atoms with van der Waals surface area (Å²) in [7, 11) is -4.59. The molecule has 0 fully saturated rings. The summed E-state index contributed by atoms with van der Waals surface area (Å²) >= 11 is 0. The van der Waals surface area contributed by atoms with Gasteiger partial charge in [0.2, 0.25) is 15.9 Å². The summed E-state index contributed by atoms with van der Waals surface area (Å²) in [6, 6.07) is 13.1. The van der Waals surface area contributed by atoms with E-state index in [1.807, 2.05) is 0 Å². The molecule has 0 aliphatic heterocycles. The summed E-state index contributed by atoms with van der Waals surface area (Å²) in [6.45, 7) is 0. The van der Waals surface area contributed by atoms with Gasteiger partial charge < -0.3 is 10.8 Å². The highest BCUT2D eigenvalue weighted by Crippen LogP contribution is 2.38. The number of primary amides is 1. The first-order valence-electron chi connectivity index (χ1n) is 11.0. The van der Waals surface area contributed by atoms with E-state index in [1.54, 1.807) is 18.2 Å². The number of halogens is 3. The van der Waals surface area contributed by atoms with Gasteiger partial charge in [0, 0.05) is 17.7 Å². The second-order valence-electron chi connectivity index (χ2n) is 8.54. The zero-order chi connectivity index (χ0) is 27.0. The summed E-state index contributed by atoms with van der Waals surface area (Å²) in [5, 5.41) is 8.78. The van der Waals surface area contributed by atoms with Crippen LogP contribution in [0.2, 0.25) is 0 Å². The Hall–Kier alpha value is -3.96. The molecule has 3 aromatic carbocycles. The van der Waals surface area contributed by atoms with E-state index in [4.69, 9.17) is 10.8 Å². The number of carbonyl (C=O) groups is 2. The third kappa shape index (κ3) is 5.73. The molecule has 0 saturated carbocycles. The smallest absolute Gasteiger partial charge is 0.417 e. The highest BCUT2D eigenvalue weighted by atomic mass is 32.2. The number of hydrogen-bond donors (Lipinski definition) is 3. The van der Waals surface area contributed by atoms with Crippen molar-refractivity contribution in [2.75, 3.05) is 0 Å². The lowest BCUT2D eigenvalue weighted by Gasteiger charge is -2.18. The molecule has 192 valence electrons. The topological polar surface area (TPSA) is 127 Å². The normalized spacial score (nSPS) is 15.6. The van der Waals surface area contributed by atoms with Crippen LogP contribution in [-0.4, -0.2) is 31.4 Å². The fourth-order valence-corrected chi connectivity index (χ4v) is 5.82. The van der Waals surface area contributed by atoms with Gasteiger partial charge in [0.25, 0.3) is 0 Å². The lowest BCUT2D eigenvalue weighted by Crippen LogP contribution is -2.36. The number of nitrogens with two attached hydrogens (primary N) is 1. The maximum Gasteiger partial charge on any atom is 0.417 e. The number of carboxylic acid groups (broad SMARTS) is 1. The van der Waals surface area contributed by atoms with Crippen molar-refractivity contribution in [2.24, 2.45) is 5.73 Å². The van der Waals surface area contributed by atoms with Crippen LogP contribution in [0.1, 0.15) is 32.6 Å². The number of carboxylic acids is 1. The minimum atomic E-state index is -4.99. The zero-order valence-corrected chi connectivity index (χ0v) is 19.9. The van der Waals surface area contributed by atoms with Crippen LogP contribution in [0.15, 0.2) is 71.6 Å². The molecule has 1 amide bonds. The molecule has 0 spiro atoms. The summed E-state index contributed by atoms with van der Waals surface area (Å²) in [4.78, 5) is 21.5. The summed E-state index contributed by atoms with van der Waals surface area (Å²) in [5.41, 5.74) is 6.32. The molecule has 0 aromatic heterocycles. The summed E-state index contributed by atoms with van der Waals surface area (Å²) < 4.78 is 70.6. The zero-order valence-electron chi connectivity index (χ0n) is 19.1. The van der Waals surface area contributed by atoms with Crippen LogP contribution in [0.5, 0.6) is 0 Å². The third-order valence-electron chi connectivity index (χ3n) is 5.98. The van der Waals surface area contributed by atoms with E-state index in [9.17, 15) is 31.2 Å². The van der Waals surface area contributed by atoms with Crippen molar-refractivity contribution in [2.45, 2.75) is 30.0 Å². The number of sulfonamides is 1. The van der Waals surface area contributed by atoms with Crippen molar-refractivity contribution in [1.29, 1.82) is 0 Å². The average Bonchev–Trinajstić information content (AvgIpc) is 3.22. The molecule has 0 radical (unpaired) electrons. The van der Waals surface area contributed by atoms with Crippen molar-refractivity contribution in [1.82, 2.24) is 4.72 Å². The van der Waals surface area contributed by atoms with Crippen molar-refractivity contribution >= 4 is 28.0 Å². The number of carbonyl (C=O) groups excluding carboxylic acids is 1. The lowest BCUT2D eigenvalue weighted by molar-refractivity contribution is -0.140. The maximum atomic E-state index is 14.0. The Bertz CT molecular complexity index is 1530. The minimum Gasteiger partial charge on any atom is -0.478 e. The van der Waals surface area contributed by atoms with Crippen LogP contribution in [-0.2, 0) is 33.8 Å². The number of aliphatic carboxylic acids is 1. The molecule has 1 unspecified atom stereocenters. The Kier molecular flexibility index (Phi) is 6.94. The second-order valence-corrected chi connectivity index (χ2v) is 10.2. The number of alkyl halides is 3.